The topological polar surface area (TPSA) is 64.0 Å². The van der Waals surface area contributed by atoms with Crippen LogP contribution in [-0.2, 0) is 17.9 Å². The van der Waals surface area contributed by atoms with Gasteiger partial charge in [0.05, 0.1) is 6.54 Å². The fourth-order valence-electron chi connectivity index (χ4n) is 4.54. The Hall–Kier alpha value is -3.45. The molecular weight excluding hydrogens is 502 g/mol. The van der Waals surface area contributed by atoms with Crippen molar-refractivity contribution in [2.45, 2.75) is 53.2 Å². The molecule has 8 heteroatoms. The van der Waals surface area contributed by atoms with Crippen molar-refractivity contribution >= 4 is 23.4 Å². The Bertz CT molecular complexity index is 1270. The van der Waals surface area contributed by atoms with Crippen molar-refractivity contribution in [3.8, 4) is 11.5 Å². The van der Waals surface area contributed by atoms with Gasteiger partial charge in [0, 0.05) is 41.6 Å². The highest BCUT2D eigenvalue weighted by Gasteiger charge is 2.28. The minimum absolute atomic E-state index is 0.000222. The predicted octanol–water partition coefficient (Wildman–Crippen LogP) is 5.84. The molecule has 1 aliphatic heterocycles. The van der Waals surface area contributed by atoms with Crippen LogP contribution in [0.2, 0.25) is 5.02 Å². The average molecular weight is 538 g/mol. The van der Waals surface area contributed by atoms with Crippen molar-refractivity contribution in [3.63, 3.8) is 0 Å². The summed E-state index contributed by atoms with van der Waals surface area (Å²) in [6, 6.07) is 16.8. The van der Waals surface area contributed by atoms with Gasteiger partial charge in [-0.15, -0.1) is 0 Å². The van der Waals surface area contributed by atoms with E-state index in [0.29, 0.717) is 41.7 Å². The molecule has 2 heterocycles. The highest BCUT2D eigenvalue weighted by molar-refractivity contribution is 6.31. The molecule has 7 nitrogen and oxygen atoms in total. The highest BCUT2D eigenvalue weighted by Crippen LogP contribution is 2.33. The van der Waals surface area contributed by atoms with Crippen LogP contribution in [-0.4, -0.2) is 52.1 Å². The Morgan fingerprint density at radius 1 is 1.03 bits per heavy atom. The van der Waals surface area contributed by atoms with Gasteiger partial charge in [0.2, 0.25) is 12.7 Å². The highest BCUT2D eigenvalue weighted by atomic mass is 35.5. The van der Waals surface area contributed by atoms with Crippen LogP contribution in [0.5, 0.6) is 11.5 Å². The summed E-state index contributed by atoms with van der Waals surface area (Å²) in [6.07, 6.45) is 2.74. The first-order valence-corrected chi connectivity index (χ1v) is 13.5. The second-order valence-electron chi connectivity index (χ2n) is 10.1. The summed E-state index contributed by atoms with van der Waals surface area (Å²) >= 11 is 6.40. The molecular formula is C30H36ClN3O4. The Balaban J connectivity index is 1.53. The lowest BCUT2D eigenvalue weighted by Gasteiger charge is -2.32. The van der Waals surface area contributed by atoms with Gasteiger partial charge in [-0.25, -0.2) is 0 Å². The third-order valence-electron chi connectivity index (χ3n) is 6.82. The van der Waals surface area contributed by atoms with Crippen LogP contribution in [0.25, 0.3) is 0 Å². The number of aromatic nitrogens is 1. The van der Waals surface area contributed by atoms with E-state index in [1.165, 1.54) is 0 Å². The van der Waals surface area contributed by atoms with E-state index in [0.717, 1.165) is 17.7 Å². The standard InChI is InChI=1S/C30H36ClN3O4/c1-5-22(4)34(30(36)23-12-13-27-28(15-23)38-20-37-27)19-29(35)33(16-21(2)3)18-25-10-8-14-32(25)17-24-9-6-7-11-26(24)31/h6-15,21-22H,5,16-20H2,1-4H3. The summed E-state index contributed by atoms with van der Waals surface area (Å²) < 4.78 is 13.0. The van der Waals surface area contributed by atoms with Crippen molar-refractivity contribution in [2.75, 3.05) is 19.9 Å². The number of benzene rings is 2. The first-order chi connectivity index (χ1) is 18.3. The monoisotopic (exact) mass is 537 g/mol. The molecule has 2 amide bonds. The lowest BCUT2D eigenvalue weighted by Crippen LogP contribution is -2.47. The minimum Gasteiger partial charge on any atom is -0.454 e. The van der Waals surface area contributed by atoms with Gasteiger partial charge >= 0.3 is 0 Å². The van der Waals surface area contributed by atoms with Crippen molar-refractivity contribution in [1.29, 1.82) is 0 Å². The van der Waals surface area contributed by atoms with E-state index in [9.17, 15) is 9.59 Å². The Morgan fingerprint density at radius 2 is 1.79 bits per heavy atom. The van der Waals surface area contributed by atoms with E-state index in [1.807, 2.05) is 61.3 Å². The number of hydrogen-bond acceptors (Lipinski definition) is 4. The second kappa shape index (κ2) is 12.4. The summed E-state index contributed by atoms with van der Waals surface area (Å²) in [6.45, 7) is 9.96. The van der Waals surface area contributed by atoms with Crippen LogP contribution in [0.4, 0.5) is 0 Å². The number of rotatable bonds is 11. The predicted molar refractivity (Wildman–Crippen MR) is 149 cm³/mol. The fraction of sp³-hybridized carbons (Fsp3) is 0.400. The first kappa shape index (κ1) is 27.6. The molecule has 0 saturated carbocycles. The van der Waals surface area contributed by atoms with Gasteiger partial charge in [-0.1, -0.05) is 50.6 Å². The number of amides is 2. The molecule has 4 rings (SSSR count). The molecule has 1 aliphatic rings. The van der Waals surface area contributed by atoms with Gasteiger partial charge in [0.15, 0.2) is 11.5 Å². The smallest absolute Gasteiger partial charge is 0.254 e. The number of nitrogens with zero attached hydrogens (tertiary/aromatic N) is 3. The summed E-state index contributed by atoms with van der Waals surface area (Å²) in [5.41, 5.74) is 2.51. The molecule has 0 spiro atoms. The molecule has 1 atom stereocenters. The molecule has 0 bridgehead atoms. The van der Waals surface area contributed by atoms with Crippen molar-refractivity contribution in [1.82, 2.24) is 14.4 Å². The third-order valence-corrected chi connectivity index (χ3v) is 7.19. The van der Waals surface area contributed by atoms with Crippen molar-refractivity contribution < 1.29 is 19.1 Å². The van der Waals surface area contributed by atoms with Gasteiger partial charge in [-0.05, 0) is 61.2 Å². The van der Waals surface area contributed by atoms with Crippen LogP contribution < -0.4 is 9.47 Å². The number of carbonyl (C=O) groups is 2. The van der Waals surface area contributed by atoms with Crippen LogP contribution >= 0.6 is 11.6 Å². The number of halogens is 1. The van der Waals surface area contributed by atoms with Gasteiger partial charge < -0.3 is 23.8 Å². The van der Waals surface area contributed by atoms with Crippen LogP contribution in [0.15, 0.2) is 60.8 Å². The van der Waals surface area contributed by atoms with E-state index < -0.39 is 0 Å². The molecule has 2 aromatic carbocycles. The Kier molecular flexibility index (Phi) is 9.00. The molecule has 38 heavy (non-hydrogen) atoms. The molecule has 1 aromatic heterocycles. The largest absolute Gasteiger partial charge is 0.454 e. The molecule has 0 N–H and O–H groups in total. The summed E-state index contributed by atoms with van der Waals surface area (Å²) in [5.74, 6) is 1.16. The van der Waals surface area contributed by atoms with E-state index in [-0.39, 0.29) is 37.1 Å². The maximum absolute atomic E-state index is 13.7. The van der Waals surface area contributed by atoms with Crippen LogP contribution in [0.3, 0.4) is 0 Å². The fourth-order valence-corrected chi connectivity index (χ4v) is 4.73. The lowest BCUT2D eigenvalue weighted by molar-refractivity contribution is -0.133. The van der Waals surface area contributed by atoms with E-state index >= 15 is 0 Å². The van der Waals surface area contributed by atoms with E-state index in [4.69, 9.17) is 21.1 Å². The van der Waals surface area contributed by atoms with Crippen LogP contribution in [0, 0.1) is 5.92 Å². The van der Waals surface area contributed by atoms with Crippen molar-refractivity contribution in [3.05, 3.63) is 82.6 Å². The Morgan fingerprint density at radius 3 is 2.53 bits per heavy atom. The molecule has 0 radical (unpaired) electrons. The number of hydrogen-bond donors (Lipinski definition) is 0. The maximum atomic E-state index is 13.7. The molecule has 0 aliphatic carbocycles. The molecule has 0 fully saturated rings. The summed E-state index contributed by atoms with van der Waals surface area (Å²) in [7, 11) is 0. The lowest BCUT2D eigenvalue weighted by atomic mass is 10.1. The van der Waals surface area contributed by atoms with Gasteiger partial charge in [-0.3, -0.25) is 9.59 Å². The summed E-state index contributed by atoms with van der Waals surface area (Å²) in [4.78, 5) is 30.8. The van der Waals surface area contributed by atoms with Crippen molar-refractivity contribution in [2.24, 2.45) is 5.92 Å². The zero-order valence-corrected chi connectivity index (χ0v) is 23.3. The molecule has 1 unspecified atom stereocenters. The number of carbonyl (C=O) groups excluding carboxylic acids is 2. The SMILES string of the molecule is CCC(C)N(CC(=O)N(Cc1cccn1Cc1ccccc1Cl)CC(C)C)C(=O)c1ccc2c(c1)OCO2. The van der Waals surface area contributed by atoms with Gasteiger partial charge in [0.1, 0.15) is 6.54 Å². The maximum Gasteiger partial charge on any atom is 0.254 e. The van der Waals surface area contributed by atoms with E-state index in [2.05, 4.69) is 18.4 Å². The zero-order chi connectivity index (χ0) is 27.2. The normalized spacial score (nSPS) is 13.0. The van der Waals surface area contributed by atoms with Gasteiger partial charge in [-0.2, -0.15) is 0 Å². The minimum atomic E-state index is -0.197. The third kappa shape index (κ3) is 6.51. The molecule has 3 aromatic rings. The number of ether oxygens (including phenoxy) is 2. The zero-order valence-electron chi connectivity index (χ0n) is 22.5. The molecule has 202 valence electrons. The molecule has 0 saturated heterocycles. The number of fused-ring (bicyclic) bond motifs is 1. The summed E-state index contributed by atoms with van der Waals surface area (Å²) in [5, 5.41) is 0.716. The van der Waals surface area contributed by atoms with Crippen LogP contribution in [0.1, 0.15) is 55.7 Å². The first-order valence-electron chi connectivity index (χ1n) is 13.1. The quantitative estimate of drug-likeness (QED) is 0.308. The average Bonchev–Trinajstić information content (AvgIpc) is 3.55. The second-order valence-corrected chi connectivity index (χ2v) is 10.6. The Labute approximate surface area is 229 Å². The van der Waals surface area contributed by atoms with E-state index in [1.54, 1.807) is 23.1 Å². The van der Waals surface area contributed by atoms with Gasteiger partial charge in [0.25, 0.3) is 5.91 Å².